The first-order chi connectivity index (χ1) is 14.1. The average Bonchev–Trinajstić information content (AvgIpc) is 3.47. The molecule has 1 unspecified atom stereocenters. The minimum absolute atomic E-state index is 0.0404. The van der Waals surface area contributed by atoms with Crippen LogP contribution in [0.5, 0.6) is 0 Å². The van der Waals surface area contributed by atoms with Crippen molar-refractivity contribution in [2.24, 2.45) is 0 Å². The van der Waals surface area contributed by atoms with Gasteiger partial charge in [0.25, 0.3) is 5.56 Å². The smallest absolute Gasteiger partial charge is 0.250 e. The van der Waals surface area contributed by atoms with E-state index in [1.165, 1.54) is 6.07 Å². The first-order valence-electron chi connectivity index (χ1n) is 9.56. The van der Waals surface area contributed by atoms with Crippen LogP contribution in [-0.4, -0.2) is 23.8 Å². The molecule has 1 atom stereocenters. The van der Waals surface area contributed by atoms with Crippen LogP contribution in [0, 0.1) is 11.3 Å². The first kappa shape index (κ1) is 19.2. The molecule has 2 aromatic heterocycles. The van der Waals surface area contributed by atoms with Gasteiger partial charge in [-0.1, -0.05) is 13.0 Å². The van der Waals surface area contributed by atoms with Crippen molar-refractivity contribution in [2.45, 2.75) is 38.0 Å². The summed E-state index contributed by atoms with van der Waals surface area (Å²) in [7, 11) is -1.10. The van der Waals surface area contributed by atoms with Crippen molar-refractivity contribution in [3.05, 3.63) is 64.8 Å². The number of nitrogens with one attached hydrogen (secondary N) is 1. The number of benzene rings is 1. The van der Waals surface area contributed by atoms with Gasteiger partial charge in [-0.2, -0.15) is 10.4 Å². The van der Waals surface area contributed by atoms with Crippen molar-refractivity contribution >= 4 is 16.7 Å². The highest BCUT2D eigenvalue weighted by atomic mass is 32.2. The van der Waals surface area contributed by atoms with E-state index in [4.69, 9.17) is 0 Å². The summed E-state index contributed by atoms with van der Waals surface area (Å²) in [6, 6.07) is 10.9. The Kier molecular flexibility index (Phi) is 5.32. The Hall–Kier alpha value is -3.18. The molecule has 4 rings (SSSR count). The fourth-order valence-electron chi connectivity index (χ4n) is 3.11. The van der Waals surface area contributed by atoms with Crippen LogP contribution in [0.15, 0.2) is 53.7 Å². The lowest BCUT2D eigenvalue weighted by Gasteiger charge is -2.08. The number of nitriles is 1. The van der Waals surface area contributed by atoms with Crippen molar-refractivity contribution in [1.82, 2.24) is 14.3 Å². The predicted molar refractivity (Wildman–Crippen MR) is 113 cm³/mol. The molecule has 148 valence electrons. The quantitative estimate of drug-likeness (QED) is 0.651. The Labute approximate surface area is 171 Å². The lowest BCUT2D eigenvalue weighted by molar-refractivity contribution is 0.648. The minimum atomic E-state index is -1.10. The second-order valence-corrected chi connectivity index (χ2v) is 8.53. The number of anilines is 1. The summed E-state index contributed by atoms with van der Waals surface area (Å²) in [6.45, 7) is 2.67. The Morgan fingerprint density at radius 2 is 2.10 bits per heavy atom. The molecule has 0 bridgehead atoms. The van der Waals surface area contributed by atoms with Gasteiger partial charge < -0.3 is 9.29 Å². The van der Waals surface area contributed by atoms with Crippen LogP contribution in [0.4, 0.5) is 5.69 Å². The van der Waals surface area contributed by atoms with E-state index in [9.17, 15) is 14.3 Å². The molecule has 2 heterocycles. The van der Waals surface area contributed by atoms with Gasteiger partial charge in [0.05, 0.1) is 28.8 Å². The van der Waals surface area contributed by atoms with Crippen LogP contribution in [0.2, 0.25) is 0 Å². The van der Waals surface area contributed by atoms with Crippen molar-refractivity contribution in [2.75, 3.05) is 4.72 Å². The summed E-state index contributed by atoms with van der Waals surface area (Å²) in [5.41, 5.74) is 3.45. The second kappa shape index (κ2) is 8.05. The third-order valence-corrected chi connectivity index (χ3v) is 6.29. The average molecular weight is 407 g/mol. The highest BCUT2D eigenvalue weighted by Crippen LogP contribution is 2.30. The monoisotopic (exact) mass is 407 g/mol. The zero-order chi connectivity index (χ0) is 20.4. The lowest BCUT2D eigenvalue weighted by atomic mass is 10.0. The number of pyridine rings is 1. The van der Waals surface area contributed by atoms with Gasteiger partial charge in [0.1, 0.15) is 11.0 Å². The standard InChI is InChI=1S/C21H21N5O2S/c1-2-9-25-14-18(4-8-21(25)27)26-13-16(12-23-26)20-7-3-17(10-15(20)11-22)24-29(28)19-5-6-19/h3-4,7-8,10,12-14,19,24H,2,5-6,9H2,1H3. The maximum atomic E-state index is 12.1. The maximum Gasteiger partial charge on any atom is 0.250 e. The van der Waals surface area contributed by atoms with Crippen molar-refractivity contribution in [3.8, 4) is 22.9 Å². The molecular weight excluding hydrogens is 386 g/mol. The summed E-state index contributed by atoms with van der Waals surface area (Å²) in [5, 5.41) is 14.2. The molecule has 7 nitrogen and oxygen atoms in total. The zero-order valence-corrected chi connectivity index (χ0v) is 16.9. The van der Waals surface area contributed by atoms with Gasteiger partial charge in [0, 0.05) is 41.8 Å². The number of nitrogens with zero attached hydrogens (tertiary/aromatic N) is 4. The molecule has 0 spiro atoms. The minimum Gasteiger partial charge on any atom is -0.313 e. The largest absolute Gasteiger partial charge is 0.313 e. The van der Waals surface area contributed by atoms with Gasteiger partial charge in [-0.25, -0.2) is 8.89 Å². The van der Waals surface area contributed by atoms with Crippen LogP contribution < -0.4 is 10.3 Å². The third-order valence-electron chi connectivity index (χ3n) is 4.78. The number of aromatic nitrogens is 3. The predicted octanol–water partition coefficient (Wildman–Crippen LogP) is 3.22. The second-order valence-electron chi connectivity index (χ2n) is 7.06. The molecule has 1 N–H and O–H groups in total. The van der Waals surface area contributed by atoms with Crippen LogP contribution in [-0.2, 0) is 17.5 Å². The lowest BCUT2D eigenvalue weighted by Crippen LogP contribution is -2.19. The van der Waals surface area contributed by atoms with Gasteiger partial charge >= 0.3 is 0 Å². The topological polar surface area (TPSA) is 92.7 Å². The normalized spacial score (nSPS) is 14.3. The highest BCUT2D eigenvalue weighted by molar-refractivity contribution is 7.87. The van der Waals surface area contributed by atoms with Gasteiger partial charge in [0.15, 0.2) is 0 Å². The van der Waals surface area contributed by atoms with Crippen molar-refractivity contribution in [3.63, 3.8) is 0 Å². The Morgan fingerprint density at radius 1 is 1.28 bits per heavy atom. The van der Waals surface area contributed by atoms with Crippen LogP contribution in [0.3, 0.4) is 0 Å². The van der Waals surface area contributed by atoms with E-state index in [0.29, 0.717) is 17.8 Å². The molecule has 1 aliphatic rings. The van der Waals surface area contributed by atoms with E-state index in [1.54, 1.807) is 33.8 Å². The number of hydrogen-bond donors (Lipinski definition) is 1. The summed E-state index contributed by atoms with van der Waals surface area (Å²) < 4.78 is 18.4. The molecule has 0 aliphatic heterocycles. The molecule has 0 saturated heterocycles. The van der Waals surface area contributed by atoms with Crippen molar-refractivity contribution in [1.29, 1.82) is 5.26 Å². The zero-order valence-electron chi connectivity index (χ0n) is 16.0. The Balaban J connectivity index is 1.62. The van der Waals surface area contributed by atoms with E-state index in [2.05, 4.69) is 15.9 Å². The Morgan fingerprint density at radius 3 is 2.83 bits per heavy atom. The van der Waals surface area contributed by atoms with E-state index < -0.39 is 11.0 Å². The third kappa shape index (κ3) is 4.15. The van der Waals surface area contributed by atoms with Gasteiger partial charge in [-0.3, -0.25) is 4.79 Å². The van der Waals surface area contributed by atoms with E-state index in [1.807, 2.05) is 25.3 Å². The first-order valence-corrected chi connectivity index (χ1v) is 10.8. The summed E-state index contributed by atoms with van der Waals surface area (Å²) in [6.07, 6.45) is 8.14. The van der Waals surface area contributed by atoms with Gasteiger partial charge in [-0.15, -0.1) is 0 Å². The Bertz CT molecular complexity index is 1170. The van der Waals surface area contributed by atoms with Gasteiger partial charge in [0.2, 0.25) is 0 Å². The summed E-state index contributed by atoms with van der Waals surface area (Å²) in [4.78, 5) is 11.9. The van der Waals surface area contributed by atoms with E-state index in [0.717, 1.165) is 36.1 Å². The molecule has 8 heteroatoms. The molecule has 3 aromatic rings. The maximum absolute atomic E-state index is 12.1. The van der Waals surface area contributed by atoms with Gasteiger partial charge in [-0.05, 0) is 37.5 Å². The fraction of sp³-hybridized carbons (Fsp3) is 0.286. The molecule has 29 heavy (non-hydrogen) atoms. The SMILES string of the molecule is CCCn1cc(-n2cc(-c3ccc(NS(=O)C4CC4)cc3C#N)cn2)ccc1=O. The number of hydrogen-bond acceptors (Lipinski definition) is 4. The molecule has 1 aromatic carbocycles. The van der Waals surface area contributed by atoms with Crippen LogP contribution in [0.25, 0.3) is 16.8 Å². The molecular formula is C21H21N5O2S. The summed E-state index contributed by atoms with van der Waals surface area (Å²) in [5.74, 6) is 0. The number of rotatable bonds is 7. The molecule has 1 saturated carbocycles. The summed E-state index contributed by atoms with van der Waals surface area (Å²) >= 11 is 0. The fourth-order valence-corrected chi connectivity index (χ4v) is 4.20. The molecule has 0 radical (unpaired) electrons. The molecule has 0 amide bonds. The van der Waals surface area contributed by atoms with Crippen LogP contribution >= 0.6 is 0 Å². The van der Waals surface area contributed by atoms with E-state index in [-0.39, 0.29) is 10.8 Å². The van der Waals surface area contributed by atoms with Crippen LogP contribution in [0.1, 0.15) is 31.7 Å². The number of aryl methyl sites for hydroxylation is 1. The highest BCUT2D eigenvalue weighted by Gasteiger charge is 2.28. The molecule has 1 aliphatic carbocycles. The van der Waals surface area contributed by atoms with E-state index >= 15 is 0 Å². The van der Waals surface area contributed by atoms with Crippen molar-refractivity contribution < 1.29 is 4.21 Å². The molecule has 1 fully saturated rings.